The molecule has 0 unspecified atom stereocenters. The Labute approximate surface area is 180 Å². The van der Waals surface area contributed by atoms with Crippen molar-refractivity contribution in [3.63, 3.8) is 0 Å². The summed E-state index contributed by atoms with van der Waals surface area (Å²) in [6.07, 6.45) is 5.43. The number of ether oxygens (including phenoxy) is 1. The predicted octanol–water partition coefficient (Wildman–Crippen LogP) is 2.59. The highest BCUT2D eigenvalue weighted by atomic mass is 16.5. The van der Waals surface area contributed by atoms with E-state index in [1.807, 2.05) is 18.2 Å². The highest BCUT2D eigenvalue weighted by Gasteiger charge is 2.22. The summed E-state index contributed by atoms with van der Waals surface area (Å²) in [6.45, 7) is 9.20. The second-order valence-corrected chi connectivity index (χ2v) is 8.10. The molecule has 0 atom stereocenters. The standard InChI is InChI=1S/C23H37N5O2/c1-2-24-23(25-11-6-12-28-13-15-30-16-14-28)26-18-19-7-5-10-21(17-19)27-22(29)20-8-3-4-9-20/h5,7,10,17,20H,2-4,6,8-9,11-16,18H2,1H3,(H,27,29)(H2,24,25,26). The van der Waals surface area contributed by atoms with Gasteiger partial charge in [-0.3, -0.25) is 9.69 Å². The maximum Gasteiger partial charge on any atom is 0.227 e. The first kappa shape index (κ1) is 22.6. The first-order valence-corrected chi connectivity index (χ1v) is 11.5. The number of benzene rings is 1. The van der Waals surface area contributed by atoms with E-state index in [0.29, 0.717) is 6.54 Å². The lowest BCUT2D eigenvalue weighted by Gasteiger charge is -2.26. The van der Waals surface area contributed by atoms with Crippen LogP contribution in [0.5, 0.6) is 0 Å². The SMILES string of the molecule is CCNC(=NCc1cccc(NC(=O)C2CCCC2)c1)NCCCN1CCOCC1. The molecule has 1 aromatic rings. The Balaban J connectivity index is 1.45. The molecule has 1 saturated heterocycles. The molecule has 1 aliphatic heterocycles. The van der Waals surface area contributed by atoms with E-state index < -0.39 is 0 Å². The number of carbonyl (C=O) groups excluding carboxylic acids is 1. The molecule has 30 heavy (non-hydrogen) atoms. The first-order valence-electron chi connectivity index (χ1n) is 11.5. The van der Waals surface area contributed by atoms with Gasteiger partial charge in [-0.05, 0) is 50.4 Å². The van der Waals surface area contributed by atoms with Gasteiger partial charge in [-0.15, -0.1) is 0 Å². The van der Waals surface area contributed by atoms with Gasteiger partial charge in [0.25, 0.3) is 0 Å². The summed E-state index contributed by atoms with van der Waals surface area (Å²) in [5.74, 6) is 1.16. The van der Waals surface area contributed by atoms with E-state index in [-0.39, 0.29) is 11.8 Å². The summed E-state index contributed by atoms with van der Waals surface area (Å²) < 4.78 is 5.40. The van der Waals surface area contributed by atoms with Crippen LogP contribution in [0.1, 0.15) is 44.6 Å². The zero-order chi connectivity index (χ0) is 21.0. The second kappa shape index (κ2) is 12.5. The largest absolute Gasteiger partial charge is 0.379 e. The number of anilines is 1. The third-order valence-corrected chi connectivity index (χ3v) is 5.73. The van der Waals surface area contributed by atoms with Gasteiger partial charge < -0.3 is 20.7 Å². The van der Waals surface area contributed by atoms with Crippen molar-refractivity contribution in [3.05, 3.63) is 29.8 Å². The minimum atomic E-state index is 0.156. The summed E-state index contributed by atoms with van der Waals surface area (Å²) in [4.78, 5) is 19.5. The van der Waals surface area contributed by atoms with Gasteiger partial charge in [0, 0.05) is 37.8 Å². The topological polar surface area (TPSA) is 78.0 Å². The molecule has 7 heteroatoms. The van der Waals surface area contributed by atoms with Gasteiger partial charge >= 0.3 is 0 Å². The fourth-order valence-corrected chi connectivity index (χ4v) is 4.03. The Bertz CT molecular complexity index is 682. The van der Waals surface area contributed by atoms with Crippen molar-refractivity contribution < 1.29 is 9.53 Å². The summed E-state index contributed by atoms with van der Waals surface area (Å²) in [5.41, 5.74) is 1.95. The lowest BCUT2D eigenvalue weighted by atomic mass is 10.1. The van der Waals surface area contributed by atoms with Crippen molar-refractivity contribution in [2.45, 2.75) is 45.6 Å². The van der Waals surface area contributed by atoms with E-state index in [9.17, 15) is 4.79 Å². The van der Waals surface area contributed by atoms with Crippen molar-refractivity contribution in [2.24, 2.45) is 10.9 Å². The summed E-state index contributed by atoms with van der Waals surface area (Å²) >= 11 is 0. The number of morpholine rings is 1. The Morgan fingerprint density at radius 1 is 1.20 bits per heavy atom. The van der Waals surface area contributed by atoms with Crippen LogP contribution in [0.2, 0.25) is 0 Å². The average molecular weight is 416 g/mol. The van der Waals surface area contributed by atoms with Crippen molar-refractivity contribution in [1.29, 1.82) is 0 Å². The van der Waals surface area contributed by atoms with E-state index in [4.69, 9.17) is 9.73 Å². The van der Waals surface area contributed by atoms with Gasteiger partial charge in [0.05, 0.1) is 19.8 Å². The van der Waals surface area contributed by atoms with E-state index in [2.05, 4.69) is 33.8 Å². The van der Waals surface area contributed by atoms with Gasteiger partial charge in [-0.25, -0.2) is 4.99 Å². The maximum absolute atomic E-state index is 12.4. The quantitative estimate of drug-likeness (QED) is 0.328. The Morgan fingerprint density at radius 2 is 2.00 bits per heavy atom. The molecule has 1 saturated carbocycles. The molecule has 1 aromatic carbocycles. The normalized spacial score (nSPS) is 18.4. The highest BCUT2D eigenvalue weighted by molar-refractivity contribution is 5.92. The minimum Gasteiger partial charge on any atom is -0.379 e. The van der Waals surface area contributed by atoms with E-state index in [1.54, 1.807) is 0 Å². The molecule has 1 amide bonds. The van der Waals surface area contributed by atoms with E-state index >= 15 is 0 Å². The Morgan fingerprint density at radius 3 is 2.77 bits per heavy atom. The lowest BCUT2D eigenvalue weighted by Crippen LogP contribution is -2.40. The van der Waals surface area contributed by atoms with Crippen LogP contribution in [0.15, 0.2) is 29.3 Å². The van der Waals surface area contributed by atoms with Crippen LogP contribution in [0.3, 0.4) is 0 Å². The molecule has 0 spiro atoms. The van der Waals surface area contributed by atoms with Gasteiger partial charge in [-0.1, -0.05) is 25.0 Å². The zero-order valence-electron chi connectivity index (χ0n) is 18.3. The molecule has 7 nitrogen and oxygen atoms in total. The van der Waals surface area contributed by atoms with Gasteiger partial charge in [0.15, 0.2) is 5.96 Å². The predicted molar refractivity (Wildman–Crippen MR) is 122 cm³/mol. The van der Waals surface area contributed by atoms with E-state index in [0.717, 1.165) is 82.4 Å². The van der Waals surface area contributed by atoms with Crippen molar-refractivity contribution in [1.82, 2.24) is 15.5 Å². The summed E-state index contributed by atoms with van der Waals surface area (Å²) in [6, 6.07) is 8.02. The first-order chi connectivity index (χ1) is 14.7. The summed E-state index contributed by atoms with van der Waals surface area (Å²) in [7, 11) is 0. The molecule has 166 valence electrons. The third kappa shape index (κ3) is 7.61. The molecule has 1 aliphatic carbocycles. The van der Waals surface area contributed by atoms with Crippen LogP contribution in [0.25, 0.3) is 0 Å². The highest BCUT2D eigenvalue weighted by Crippen LogP contribution is 2.26. The molecule has 1 heterocycles. The molecular weight excluding hydrogens is 378 g/mol. The summed E-state index contributed by atoms with van der Waals surface area (Å²) in [5, 5.41) is 9.81. The molecule has 0 aromatic heterocycles. The van der Waals surface area contributed by atoms with Gasteiger partial charge in [0.1, 0.15) is 0 Å². The van der Waals surface area contributed by atoms with Crippen molar-refractivity contribution >= 4 is 17.6 Å². The number of hydrogen-bond acceptors (Lipinski definition) is 4. The number of hydrogen-bond donors (Lipinski definition) is 3. The molecule has 0 bridgehead atoms. The molecule has 2 fully saturated rings. The molecule has 0 radical (unpaired) electrons. The minimum absolute atomic E-state index is 0.156. The van der Waals surface area contributed by atoms with Crippen LogP contribution in [0.4, 0.5) is 5.69 Å². The lowest BCUT2D eigenvalue weighted by molar-refractivity contribution is -0.119. The number of nitrogens with zero attached hydrogens (tertiary/aromatic N) is 2. The van der Waals surface area contributed by atoms with Crippen molar-refractivity contribution in [2.75, 3.05) is 51.3 Å². The number of amides is 1. The van der Waals surface area contributed by atoms with Crippen LogP contribution >= 0.6 is 0 Å². The fourth-order valence-electron chi connectivity index (χ4n) is 4.03. The maximum atomic E-state index is 12.4. The monoisotopic (exact) mass is 415 g/mol. The molecule has 3 N–H and O–H groups in total. The van der Waals surface area contributed by atoms with Crippen LogP contribution in [0, 0.1) is 5.92 Å². The number of rotatable bonds is 9. The van der Waals surface area contributed by atoms with Gasteiger partial charge in [-0.2, -0.15) is 0 Å². The third-order valence-electron chi connectivity index (χ3n) is 5.73. The van der Waals surface area contributed by atoms with Crippen LogP contribution < -0.4 is 16.0 Å². The molecule has 2 aliphatic rings. The Kier molecular flexibility index (Phi) is 9.44. The average Bonchev–Trinajstić information content (AvgIpc) is 3.31. The zero-order valence-corrected chi connectivity index (χ0v) is 18.3. The van der Waals surface area contributed by atoms with Crippen molar-refractivity contribution in [3.8, 4) is 0 Å². The number of nitrogens with one attached hydrogen (secondary N) is 3. The number of carbonyl (C=O) groups is 1. The molecular formula is C23H37N5O2. The van der Waals surface area contributed by atoms with Gasteiger partial charge in [0.2, 0.25) is 5.91 Å². The fraction of sp³-hybridized carbons (Fsp3) is 0.652. The number of guanidine groups is 1. The number of aliphatic imine (C=N–C) groups is 1. The van der Waals surface area contributed by atoms with Crippen LogP contribution in [-0.2, 0) is 16.1 Å². The second-order valence-electron chi connectivity index (χ2n) is 8.10. The smallest absolute Gasteiger partial charge is 0.227 e. The molecule has 3 rings (SSSR count). The van der Waals surface area contributed by atoms with Crippen LogP contribution in [-0.4, -0.2) is 62.7 Å². The Hall–Kier alpha value is -2.12. The van der Waals surface area contributed by atoms with E-state index in [1.165, 1.54) is 12.8 Å².